The second kappa shape index (κ2) is 6.02. The van der Waals surface area contributed by atoms with Crippen LogP contribution < -0.4 is 5.32 Å². The lowest BCUT2D eigenvalue weighted by Crippen LogP contribution is -2.12. The Labute approximate surface area is 141 Å². The van der Waals surface area contributed by atoms with Gasteiger partial charge in [0.25, 0.3) is 5.91 Å². The number of carboxylic acids is 1. The lowest BCUT2D eigenvalue weighted by Gasteiger charge is -2.08. The van der Waals surface area contributed by atoms with Gasteiger partial charge in [0.2, 0.25) is 0 Å². The van der Waals surface area contributed by atoms with Crippen LogP contribution in [0.4, 0.5) is 5.69 Å². The van der Waals surface area contributed by atoms with Crippen LogP contribution in [-0.2, 0) is 0 Å². The van der Waals surface area contributed by atoms with Crippen molar-refractivity contribution in [3.63, 3.8) is 0 Å². The number of carbonyl (C=O) groups is 2. The third-order valence-corrected chi connectivity index (χ3v) is 5.14. The summed E-state index contributed by atoms with van der Waals surface area (Å²) in [5.41, 5.74) is 1.42. The number of carbonyl (C=O) groups excluding carboxylic acids is 1. The van der Waals surface area contributed by atoms with Crippen LogP contribution in [0.1, 0.15) is 25.6 Å². The van der Waals surface area contributed by atoms with E-state index in [1.54, 1.807) is 13.0 Å². The highest BCUT2D eigenvalue weighted by Gasteiger charge is 2.18. The molecule has 0 saturated heterocycles. The van der Waals surface area contributed by atoms with Gasteiger partial charge in [0.15, 0.2) is 0 Å². The Morgan fingerprint density at radius 2 is 1.91 bits per heavy atom. The van der Waals surface area contributed by atoms with Crippen molar-refractivity contribution in [2.75, 3.05) is 5.32 Å². The molecule has 3 aromatic rings. The molecule has 2 N–H and O–H groups in total. The van der Waals surface area contributed by atoms with Crippen LogP contribution in [-0.4, -0.2) is 17.0 Å². The van der Waals surface area contributed by atoms with Crippen molar-refractivity contribution in [3.05, 3.63) is 63.5 Å². The van der Waals surface area contributed by atoms with Gasteiger partial charge in [-0.15, -0.1) is 11.3 Å². The van der Waals surface area contributed by atoms with E-state index in [1.165, 1.54) is 23.5 Å². The van der Waals surface area contributed by atoms with Gasteiger partial charge in [0.05, 0.1) is 10.6 Å². The molecule has 1 aromatic heterocycles. The highest BCUT2D eigenvalue weighted by atomic mass is 35.5. The number of halogens is 1. The molecule has 23 heavy (non-hydrogen) atoms. The summed E-state index contributed by atoms with van der Waals surface area (Å²) in [6, 6.07) is 12.1. The largest absolute Gasteiger partial charge is 0.478 e. The zero-order valence-corrected chi connectivity index (χ0v) is 13.7. The van der Waals surface area contributed by atoms with Gasteiger partial charge in [-0.25, -0.2) is 4.79 Å². The molecule has 0 aliphatic carbocycles. The number of benzene rings is 2. The number of amides is 1. The number of carboxylic acid groups (broad SMARTS) is 1. The summed E-state index contributed by atoms with van der Waals surface area (Å²) < 4.78 is 0.945. The number of fused-ring (bicyclic) bond motifs is 1. The van der Waals surface area contributed by atoms with Crippen LogP contribution in [0.3, 0.4) is 0 Å². The summed E-state index contributed by atoms with van der Waals surface area (Å²) in [7, 11) is 0. The fourth-order valence-electron chi connectivity index (χ4n) is 2.28. The molecule has 1 heterocycles. The van der Waals surface area contributed by atoms with Crippen molar-refractivity contribution in [1.82, 2.24) is 0 Å². The molecule has 0 atom stereocenters. The standard InChI is InChI=1S/C17H12ClNO3S/c1-9-8-10(17(21)22)6-7-12(9)19-16(20)15-14(18)11-4-2-3-5-13(11)23-15/h2-8H,1H3,(H,19,20)(H,21,22). The normalized spacial score (nSPS) is 10.7. The van der Waals surface area contributed by atoms with Crippen LogP contribution in [0.5, 0.6) is 0 Å². The maximum Gasteiger partial charge on any atom is 0.335 e. The van der Waals surface area contributed by atoms with Gasteiger partial charge in [-0.3, -0.25) is 4.79 Å². The van der Waals surface area contributed by atoms with Crippen LogP contribution >= 0.6 is 22.9 Å². The zero-order valence-electron chi connectivity index (χ0n) is 12.1. The monoisotopic (exact) mass is 345 g/mol. The third kappa shape index (κ3) is 2.93. The SMILES string of the molecule is Cc1cc(C(=O)O)ccc1NC(=O)c1sc2ccccc2c1Cl. The van der Waals surface area contributed by atoms with Crippen LogP contribution in [0.25, 0.3) is 10.1 Å². The summed E-state index contributed by atoms with van der Waals surface area (Å²) in [5, 5.41) is 13.0. The number of aryl methyl sites for hydroxylation is 1. The first kappa shape index (κ1) is 15.5. The third-order valence-electron chi connectivity index (χ3n) is 3.46. The Kier molecular flexibility index (Phi) is 4.07. The molecule has 0 bridgehead atoms. The Hall–Kier alpha value is -2.37. The van der Waals surface area contributed by atoms with Crippen molar-refractivity contribution in [2.45, 2.75) is 6.92 Å². The maximum atomic E-state index is 12.5. The topological polar surface area (TPSA) is 66.4 Å². The van der Waals surface area contributed by atoms with E-state index in [9.17, 15) is 9.59 Å². The van der Waals surface area contributed by atoms with Gasteiger partial charge in [0, 0.05) is 15.8 Å². The van der Waals surface area contributed by atoms with Crippen molar-refractivity contribution in [3.8, 4) is 0 Å². The van der Waals surface area contributed by atoms with Gasteiger partial charge in [0.1, 0.15) is 4.88 Å². The minimum atomic E-state index is -1.00. The van der Waals surface area contributed by atoms with Crippen LogP contribution in [0, 0.1) is 6.92 Å². The molecule has 0 aliphatic rings. The summed E-state index contributed by atoms with van der Waals surface area (Å²) >= 11 is 7.62. The predicted octanol–water partition coefficient (Wildman–Crippen LogP) is 4.81. The maximum absolute atomic E-state index is 12.5. The molecule has 116 valence electrons. The van der Waals surface area contributed by atoms with Gasteiger partial charge in [-0.1, -0.05) is 29.8 Å². The van der Waals surface area contributed by atoms with Gasteiger partial charge >= 0.3 is 5.97 Å². The smallest absolute Gasteiger partial charge is 0.335 e. The molecule has 0 radical (unpaired) electrons. The average molecular weight is 346 g/mol. The minimum Gasteiger partial charge on any atom is -0.478 e. The van der Waals surface area contributed by atoms with E-state index in [0.29, 0.717) is 21.2 Å². The van der Waals surface area contributed by atoms with Crippen molar-refractivity contribution < 1.29 is 14.7 Å². The van der Waals surface area contributed by atoms with Crippen LogP contribution in [0.15, 0.2) is 42.5 Å². The van der Waals surface area contributed by atoms with Crippen molar-refractivity contribution >= 4 is 50.6 Å². The Morgan fingerprint density at radius 1 is 1.17 bits per heavy atom. The Bertz CT molecular complexity index is 933. The molecule has 0 unspecified atom stereocenters. The molecule has 0 fully saturated rings. The van der Waals surface area contributed by atoms with Gasteiger partial charge in [-0.05, 0) is 36.8 Å². The first-order chi connectivity index (χ1) is 11.0. The fourth-order valence-corrected chi connectivity index (χ4v) is 3.69. The summed E-state index contributed by atoms with van der Waals surface area (Å²) in [6.45, 7) is 1.74. The summed E-state index contributed by atoms with van der Waals surface area (Å²) in [6.07, 6.45) is 0. The molecular formula is C17H12ClNO3S. The molecule has 6 heteroatoms. The fraction of sp³-hybridized carbons (Fsp3) is 0.0588. The van der Waals surface area contributed by atoms with Gasteiger partial charge in [-0.2, -0.15) is 0 Å². The number of aromatic carboxylic acids is 1. The molecule has 2 aromatic carbocycles. The second-order valence-corrected chi connectivity index (χ2v) is 6.46. The Morgan fingerprint density at radius 3 is 2.57 bits per heavy atom. The van der Waals surface area contributed by atoms with E-state index in [0.717, 1.165) is 10.1 Å². The quantitative estimate of drug-likeness (QED) is 0.715. The van der Waals surface area contributed by atoms with Crippen molar-refractivity contribution in [2.24, 2.45) is 0 Å². The van der Waals surface area contributed by atoms with E-state index in [1.807, 2.05) is 24.3 Å². The first-order valence-electron chi connectivity index (χ1n) is 6.79. The number of nitrogens with one attached hydrogen (secondary N) is 1. The number of rotatable bonds is 3. The number of thiophene rings is 1. The molecule has 4 nitrogen and oxygen atoms in total. The Balaban J connectivity index is 1.92. The van der Waals surface area contributed by atoms with E-state index in [4.69, 9.17) is 16.7 Å². The summed E-state index contributed by atoms with van der Waals surface area (Å²) in [4.78, 5) is 23.9. The summed E-state index contributed by atoms with van der Waals surface area (Å²) in [5.74, 6) is -1.30. The van der Waals surface area contributed by atoms with E-state index in [-0.39, 0.29) is 11.5 Å². The molecule has 0 spiro atoms. The van der Waals surface area contributed by atoms with Crippen molar-refractivity contribution in [1.29, 1.82) is 0 Å². The predicted molar refractivity (Wildman–Crippen MR) is 92.9 cm³/mol. The molecule has 0 aliphatic heterocycles. The number of hydrogen-bond acceptors (Lipinski definition) is 3. The second-order valence-electron chi connectivity index (χ2n) is 5.03. The van der Waals surface area contributed by atoms with E-state index >= 15 is 0 Å². The molecule has 1 amide bonds. The highest BCUT2D eigenvalue weighted by molar-refractivity contribution is 7.21. The molecular weight excluding hydrogens is 334 g/mol. The number of hydrogen-bond donors (Lipinski definition) is 2. The lowest BCUT2D eigenvalue weighted by atomic mass is 10.1. The van der Waals surface area contributed by atoms with Crippen LogP contribution in [0.2, 0.25) is 5.02 Å². The van der Waals surface area contributed by atoms with E-state index in [2.05, 4.69) is 5.32 Å². The minimum absolute atomic E-state index is 0.181. The molecule has 0 saturated carbocycles. The average Bonchev–Trinajstić information content (AvgIpc) is 2.87. The molecule has 3 rings (SSSR count). The first-order valence-corrected chi connectivity index (χ1v) is 7.99. The van der Waals surface area contributed by atoms with Gasteiger partial charge < -0.3 is 10.4 Å². The van der Waals surface area contributed by atoms with E-state index < -0.39 is 5.97 Å². The lowest BCUT2D eigenvalue weighted by molar-refractivity contribution is 0.0696. The highest BCUT2D eigenvalue weighted by Crippen LogP contribution is 2.35. The zero-order chi connectivity index (χ0) is 16.6. The number of anilines is 1.